The molecule has 2 unspecified atom stereocenters. The van der Waals surface area contributed by atoms with Gasteiger partial charge in [-0.2, -0.15) is 0 Å². The molecule has 0 amide bonds. The van der Waals surface area contributed by atoms with Gasteiger partial charge in [-0.15, -0.1) is 0 Å². The first-order chi connectivity index (χ1) is 10.5. The van der Waals surface area contributed by atoms with Gasteiger partial charge in [0.15, 0.2) is 0 Å². The summed E-state index contributed by atoms with van der Waals surface area (Å²) in [6, 6.07) is 2.61. The Kier molecular flexibility index (Phi) is 12.9. The summed E-state index contributed by atoms with van der Waals surface area (Å²) in [5.74, 6) is 0. The Balaban J connectivity index is 4.79. The maximum absolute atomic E-state index is 6.46. The summed E-state index contributed by atoms with van der Waals surface area (Å²) in [5, 5.41) is 0. The van der Waals surface area contributed by atoms with Crippen LogP contribution in [0.1, 0.15) is 79.1 Å². The normalized spacial score (nSPS) is 17.2. The van der Waals surface area contributed by atoms with Crippen molar-refractivity contribution in [3.8, 4) is 0 Å². The largest absolute Gasteiger partial charge is 0.417 e. The first-order valence-corrected chi connectivity index (χ1v) is 16.0. The monoisotopic (exact) mass is 346 g/mol. The molecule has 0 radical (unpaired) electrons. The molecule has 0 aromatic rings. The second-order valence-corrected chi connectivity index (χ2v) is 19.8. The van der Waals surface area contributed by atoms with Crippen molar-refractivity contribution in [1.29, 1.82) is 0 Å². The Morgan fingerprint density at radius 2 is 0.909 bits per heavy atom. The van der Waals surface area contributed by atoms with Crippen LogP contribution in [0.4, 0.5) is 0 Å². The lowest BCUT2D eigenvalue weighted by Crippen LogP contribution is -2.63. The average molecular weight is 347 g/mol. The fourth-order valence-corrected chi connectivity index (χ4v) is 15.4. The zero-order chi connectivity index (χ0) is 16.9. The molecular weight excluding hydrogens is 304 g/mol. The van der Waals surface area contributed by atoms with E-state index in [1.807, 2.05) is 0 Å². The van der Waals surface area contributed by atoms with Crippen molar-refractivity contribution in [2.75, 3.05) is 13.2 Å². The first kappa shape index (κ1) is 22.4. The van der Waals surface area contributed by atoms with Gasteiger partial charge in [-0.05, 0) is 39.0 Å². The molecule has 0 fully saturated rings. The van der Waals surface area contributed by atoms with Gasteiger partial charge in [0.05, 0.1) is 0 Å². The van der Waals surface area contributed by atoms with Crippen LogP contribution in [0, 0.1) is 0 Å². The van der Waals surface area contributed by atoms with E-state index >= 15 is 0 Å². The summed E-state index contributed by atoms with van der Waals surface area (Å²) >= 11 is 0. The second-order valence-electron chi connectivity index (χ2n) is 6.95. The van der Waals surface area contributed by atoms with Crippen LogP contribution in [0.25, 0.3) is 0 Å². The minimum atomic E-state index is -1.72. The number of unbranched alkanes of at least 4 members (excludes halogenated alkanes) is 6. The van der Waals surface area contributed by atoms with Crippen LogP contribution >= 0.6 is 0 Å². The van der Waals surface area contributed by atoms with Crippen LogP contribution in [0.5, 0.6) is 0 Å². The highest BCUT2D eigenvalue weighted by atomic mass is 29.3. The summed E-state index contributed by atoms with van der Waals surface area (Å²) in [4.78, 5) is 0. The fraction of sp³-hybridized carbons (Fsp3) is 1.00. The molecule has 0 saturated carbocycles. The molecule has 0 N–H and O–H groups in total. The molecule has 0 saturated heterocycles. The molecule has 0 spiro atoms. The summed E-state index contributed by atoms with van der Waals surface area (Å²) < 4.78 is 12.9. The van der Waals surface area contributed by atoms with E-state index in [1.54, 1.807) is 0 Å². The molecular formula is C18H42O2Si2. The van der Waals surface area contributed by atoms with Gasteiger partial charge >= 0.3 is 0 Å². The van der Waals surface area contributed by atoms with Gasteiger partial charge in [-0.3, -0.25) is 0 Å². The van der Waals surface area contributed by atoms with Gasteiger partial charge in [-0.1, -0.05) is 65.2 Å². The SMILES string of the molecule is CCCCCC[Si](C)(OCC)[Si](C)(CCCCCC)OCC. The molecule has 0 aromatic carbocycles. The molecule has 0 rings (SSSR count). The standard InChI is InChI=1S/C18H42O2Si2/c1-7-11-13-15-17-21(5,19-9-3)22(6,20-10-4)18-16-14-12-8-2/h7-18H2,1-6H3. The highest BCUT2D eigenvalue weighted by Gasteiger charge is 2.51. The summed E-state index contributed by atoms with van der Waals surface area (Å²) in [7, 11) is -3.44. The Morgan fingerprint density at radius 3 is 1.18 bits per heavy atom. The third-order valence-electron chi connectivity index (χ3n) is 5.06. The maximum atomic E-state index is 6.46. The Hall–Kier alpha value is 0.354. The molecule has 0 aliphatic heterocycles. The van der Waals surface area contributed by atoms with E-state index in [1.165, 1.54) is 63.5 Å². The predicted octanol–water partition coefficient (Wildman–Crippen LogP) is 6.45. The second kappa shape index (κ2) is 12.7. The smallest absolute Gasteiger partial charge is 0.208 e. The zero-order valence-electron chi connectivity index (χ0n) is 16.3. The molecule has 0 bridgehead atoms. The Morgan fingerprint density at radius 1 is 0.545 bits per heavy atom. The van der Waals surface area contributed by atoms with E-state index < -0.39 is 15.7 Å². The quantitative estimate of drug-likeness (QED) is 0.250. The molecule has 0 aliphatic rings. The van der Waals surface area contributed by atoms with Crippen LogP contribution in [-0.4, -0.2) is 28.9 Å². The van der Waals surface area contributed by atoms with Crippen molar-refractivity contribution < 1.29 is 8.85 Å². The van der Waals surface area contributed by atoms with Gasteiger partial charge in [0.1, 0.15) is 0 Å². The lowest BCUT2D eigenvalue weighted by atomic mass is 10.2. The Bertz CT molecular complexity index is 237. The van der Waals surface area contributed by atoms with Gasteiger partial charge in [0.25, 0.3) is 0 Å². The van der Waals surface area contributed by atoms with Crippen LogP contribution < -0.4 is 0 Å². The lowest BCUT2D eigenvalue weighted by Gasteiger charge is -2.42. The van der Waals surface area contributed by atoms with E-state index in [-0.39, 0.29) is 0 Å². The molecule has 2 atom stereocenters. The van der Waals surface area contributed by atoms with Gasteiger partial charge in [0.2, 0.25) is 15.7 Å². The van der Waals surface area contributed by atoms with E-state index in [0.717, 1.165) is 13.2 Å². The third-order valence-corrected chi connectivity index (χ3v) is 20.8. The first-order valence-electron chi connectivity index (χ1n) is 9.77. The van der Waals surface area contributed by atoms with E-state index in [2.05, 4.69) is 40.8 Å². The van der Waals surface area contributed by atoms with Crippen LogP contribution in [0.3, 0.4) is 0 Å². The average Bonchev–Trinajstić information content (AvgIpc) is 2.49. The fourth-order valence-electron chi connectivity index (χ4n) is 3.39. The molecule has 0 aromatic heterocycles. The van der Waals surface area contributed by atoms with E-state index in [4.69, 9.17) is 8.85 Å². The van der Waals surface area contributed by atoms with Crippen molar-refractivity contribution in [1.82, 2.24) is 0 Å². The van der Waals surface area contributed by atoms with E-state index in [9.17, 15) is 0 Å². The van der Waals surface area contributed by atoms with Crippen molar-refractivity contribution in [2.45, 2.75) is 104 Å². The topological polar surface area (TPSA) is 18.5 Å². The summed E-state index contributed by atoms with van der Waals surface area (Å²) in [6.07, 6.45) is 10.7. The zero-order valence-corrected chi connectivity index (χ0v) is 18.3. The van der Waals surface area contributed by atoms with Crippen molar-refractivity contribution in [3.63, 3.8) is 0 Å². The van der Waals surface area contributed by atoms with Crippen LogP contribution in [0.15, 0.2) is 0 Å². The molecule has 0 aliphatic carbocycles. The molecule has 2 nitrogen and oxygen atoms in total. The van der Waals surface area contributed by atoms with E-state index in [0.29, 0.717) is 0 Å². The molecule has 22 heavy (non-hydrogen) atoms. The van der Waals surface area contributed by atoms with Crippen molar-refractivity contribution in [2.24, 2.45) is 0 Å². The minimum absolute atomic E-state index is 0.862. The molecule has 134 valence electrons. The summed E-state index contributed by atoms with van der Waals surface area (Å²) in [6.45, 7) is 15.6. The van der Waals surface area contributed by atoms with Gasteiger partial charge < -0.3 is 8.85 Å². The predicted molar refractivity (Wildman–Crippen MR) is 104 cm³/mol. The highest BCUT2D eigenvalue weighted by molar-refractivity contribution is 7.36. The minimum Gasteiger partial charge on any atom is -0.417 e. The third kappa shape index (κ3) is 7.76. The van der Waals surface area contributed by atoms with Crippen molar-refractivity contribution >= 4 is 15.7 Å². The summed E-state index contributed by atoms with van der Waals surface area (Å²) in [5.41, 5.74) is 0. The number of hydrogen-bond acceptors (Lipinski definition) is 2. The van der Waals surface area contributed by atoms with Crippen LogP contribution in [0.2, 0.25) is 25.2 Å². The van der Waals surface area contributed by atoms with Gasteiger partial charge in [-0.25, -0.2) is 0 Å². The highest BCUT2D eigenvalue weighted by Crippen LogP contribution is 2.33. The molecule has 4 heteroatoms. The molecule has 0 heterocycles. The van der Waals surface area contributed by atoms with Gasteiger partial charge in [0, 0.05) is 13.2 Å². The Labute approximate surface area is 142 Å². The van der Waals surface area contributed by atoms with Crippen LogP contribution in [-0.2, 0) is 8.85 Å². The number of rotatable bonds is 15. The lowest BCUT2D eigenvalue weighted by molar-refractivity contribution is 0.298. The maximum Gasteiger partial charge on any atom is 0.208 e. The number of hydrogen-bond donors (Lipinski definition) is 0. The van der Waals surface area contributed by atoms with Crippen molar-refractivity contribution in [3.05, 3.63) is 0 Å².